The Bertz CT molecular complexity index is 2440. The first-order chi connectivity index (χ1) is 27.6. The molecule has 9 rings (SSSR count). The van der Waals surface area contributed by atoms with Crippen molar-refractivity contribution in [1.82, 2.24) is 25.1 Å². The van der Waals surface area contributed by atoms with Crippen molar-refractivity contribution in [2.24, 2.45) is 0 Å². The van der Waals surface area contributed by atoms with Gasteiger partial charge in [0.25, 0.3) is 11.8 Å². The second kappa shape index (κ2) is 14.8. The maximum absolute atomic E-state index is 15.4. The molecule has 5 aromatic rings. The van der Waals surface area contributed by atoms with E-state index in [2.05, 4.69) is 43.5 Å². The molecular formula is C44H44FN7O5. The number of amides is 4. The van der Waals surface area contributed by atoms with Crippen LogP contribution in [-0.4, -0.2) is 82.2 Å². The van der Waals surface area contributed by atoms with E-state index in [0.29, 0.717) is 49.2 Å². The molecule has 57 heavy (non-hydrogen) atoms. The largest absolute Gasteiger partial charge is 0.490 e. The Hall–Kier alpha value is -6.08. The molecule has 4 amide bonds. The number of ether oxygens (including phenoxy) is 1. The third-order valence-corrected chi connectivity index (χ3v) is 12.0. The van der Waals surface area contributed by atoms with E-state index >= 15 is 4.39 Å². The van der Waals surface area contributed by atoms with Crippen LogP contribution < -0.4 is 20.3 Å². The van der Waals surface area contributed by atoms with Crippen molar-refractivity contribution in [2.45, 2.75) is 70.2 Å². The van der Waals surface area contributed by atoms with Gasteiger partial charge >= 0.3 is 0 Å². The number of piperidine rings is 2. The van der Waals surface area contributed by atoms with Gasteiger partial charge in [-0.05, 0) is 104 Å². The molecule has 0 spiro atoms. The number of aromatic amines is 1. The smallest absolute Gasteiger partial charge is 0.259 e. The van der Waals surface area contributed by atoms with E-state index < -0.39 is 23.7 Å². The lowest BCUT2D eigenvalue weighted by molar-refractivity contribution is -0.136. The molecule has 292 valence electrons. The number of aryl methyl sites for hydroxylation is 1. The minimum absolute atomic E-state index is 0.0262. The molecular weight excluding hydrogens is 726 g/mol. The van der Waals surface area contributed by atoms with E-state index in [1.165, 1.54) is 12.1 Å². The lowest BCUT2D eigenvalue weighted by Gasteiger charge is -2.34. The number of hydrogen-bond acceptors (Lipinski definition) is 8. The molecule has 3 aromatic carbocycles. The van der Waals surface area contributed by atoms with Gasteiger partial charge in [-0.25, -0.2) is 9.37 Å². The highest BCUT2D eigenvalue weighted by Crippen LogP contribution is 2.38. The summed E-state index contributed by atoms with van der Waals surface area (Å²) >= 11 is 0. The van der Waals surface area contributed by atoms with Gasteiger partial charge in [-0.15, -0.1) is 0 Å². The molecule has 1 unspecified atom stereocenters. The number of nitrogens with one attached hydrogen (secondary N) is 3. The summed E-state index contributed by atoms with van der Waals surface area (Å²) in [5, 5.41) is 6.10. The van der Waals surface area contributed by atoms with Crippen LogP contribution in [0.5, 0.6) is 5.75 Å². The number of halogens is 1. The fourth-order valence-corrected chi connectivity index (χ4v) is 8.94. The van der Waals surface area contributed by atoms with Gasteiger partial charge in [0, 0.05) is 79.5 Å². The van der Waals surface area contributed by atoms with E-state index in [4.69, 9.17) is 4.74 Å². The lowest BCUT2D eigenvalue weighted by atomic mass is 9.94. The van der Waals surface area contributed by atoms with E-state index in [0.717, 1.165) is 76.8 Å². The number of H-pyrrole nitrogens is 1. The number of rotatable bonds is 8. The number of aromatic nitrogens is 2. The Morgan fingerprint density at radius 2 is 1.74 bits per heavy atom. The highest BCUT2D eigenvalue weighted by molar-refractivity contribution is 6.07. The Morgan fingerprint density at radius 1 is 0.912 bits per heavy atom. The molecule has 4 aliphatic rings. The summed E-state index contributed by atoms with van der Waals surface area (Å²) in [5.41, 5.74) is 7.02. The highest BCUT2D eigenvalue weighted by atomic mass is 19.1. The van der Waals surface area contributed by atoms with Crippen molar-refractivity contribution in [3.8, 4) is 16.9 Å². The third-order valence-electron chi connectivity index (χ3n) is 12.0. The average Bonchev–Trinajstić information content (AvgIpc) is 3.91. The van der Waals surface area contributed by atoms with Crippen molar-refractivity contribution in [1.29, 1.82) is 0 Å². The first-order valence-corrected chi connectivity index (χ1v) is 19.7. The van der Waals surface area contributed by atoms with Crippen molar-refractivity contribution in [3.05, 3.63) is 107 Å². The van der Waals surface area contributed by atoms with Gasteiger partial charge < -0.3 is 24.8 Å². The van der Waals surface area contributed by atoms with Crippen LogP contribution in [0.1, 0.15) is 82.1 Å². The Kier molecular flexibility index (Phi) is 9.47. The lowest BCUT2D eigenvalue weighted by Crippen LogP contribution is -2.52. The van der Waals surface area contributed by atoms with Crippen molar-refractivity contribution >= 4 is 46.0 Å². The number of carbonyl (C=O) groups is 4. The standard InChI is InChI=1S/C44H44FN7O5/c1-25-19-29(9-11-30(25)31-5-3-6-32-34(31)24-52(44(32)56)39-12-13-41(53)49-43(39)55)57-28-14-17-51(18-15-28)27-8-10-33(35(45)21-27)42(54)48-40-22-36-26(23-46-40)20-37(47-36)38-7-4-16-50(38)2/h3,5-6,8-11,19-23,28,38-39,47H,4,7,12-18,24H2,1-2H3,(H,46,48,54)(H,49,53,55)/t38-,39?/m1/s1. The SMILES string of the molecule is Cc1cc(OC2CCN(c3ccc(C(=O)Nc4cc5[nH]c([C@H]6CCCN6C)cc5cn4)c(F)c3)CC2)ccc1-c1cccc2c1CN(C1CCC(=O)NC1=O)C2=O. The van der Waals surface area contributed by atoms with Crippen LogP contribution >= 0.6 is 0 Å². The molecule has 3 fully saturated rings. The monoisotopic (exact) mass is 769 g/mol. The molecule has 3 saturated heterocycles. The Morgan fingerprint density at radius 3 is 2.49 bits per heavy atom. The zero-order valence-electron chi connectivity index (χ0n) is 31.9. The molecule has 13 heteroatoms. The number of carbonyl (C=O) groups excluding carboxylic acids is 4. The zero-order chi connectivity index (χ0) is 39.4. The highest BCUT2D eigenvalue weighted by Gasteiger charge is 2.40. The summed E-state index contributed by atoms with van der Waals surface area (Å²) in [6, 6.07) is 19.9. The summed E-state index contributed by atoms with van der Waals surface area (Å²) in [6.45, 7) is 4.71. The van der Waals surface area contributed by atoms with Crippen LogP contribution in [0.3, 0.4) is 0 Å². The van der Waals surface area contributed by atoms with Gasteiger partial charge in [0.15, 0.2) is 0 Å². The molecule has 4 aliphatic heterocycles. The number of imide groups is 1. The van der Waals surface area contributed by atoms with Crippen LogP contribution in [0.2, 0.25) is 0 Å². The maximum atomic E-state index is 15.4. The fraction of sp³-hybridized carbons (Fsp3) is 0.341. The topological polar surface area (TPSA) is 140 Å². The van der Waals surface area contributed by atoms with Gasteiger partial charge in [-0.3, -0.25) is 29.4 Å². The summed E-state index contributed by atoms with van der Waals surface area (Å²) < 4.78 is 21.8. The fourth-order valence-electron chi connectivity index (χ4n) is 8.94. The summed E-state index contributed by atoms with van der Waals surface area (Å²) in [7, 11) is 2.12. The van der Waals surface area contributed by atoms with Gasteiger partial charge in [0.1, 0.15) is 29.5 Å². The maximum Gasteiger partial charge on any atom is 0.259 e. The molecule has 0 saturated carbocycles. The number of nitrogens with zero attached hydrogens (tertiary/aromatic N) is 4. The average molecular weight is 770 g/mol. The van der Waals surface area contributed by atoms with Crippen LogP contribution in [0.15, 0.2) is 72.9 Å². The molecule has 0 radical (unpaired) electrons. The second-order valence-corrected chi connectivity index (χ2v) is 15.7. The zero-order valence-corrected chi connectivity index (χ0v) is 31.9. The molecule has 2 aromatic heterocycles. The molecule has 12 nitrogen and oxygen atoms in total. The minimum atomic E-state index is -0.670. The predicted octanol–water partition coefficient (Wildman–Crippen LogP) is 6.51. The van der Waals surface area contributed by atoms with E-state index in [9.17, 15) is 19.2 Å². The Balaban J connectivity index is 0.807. The van der Waals surface area contributed by atoms with Crippen LogP contribution in [-0.2, 0) is 16.1 Å². The quantitative estimate of drug-likeness (QED) is 0.152. The number of anilines is 2. The van der Waals surface area contributed by atoms with Gasteiger partial charge in [-0.1, -0.05) is 18.2 Å². The van der Waals surface area contributed by atoms with Gasteiger partial charge in [-0.2, -0.15) is 0 Å². The first kappa shape index (κ1) is 36.6. The summed E-state index contributed by atoms with van der Waals surface area (Å²) in [5.74, 6) is -0.983. The number of pyridine rings is 1. The first-order valence-electron chi connectivity index (χ1n) is 19.7. The molecule has 0 bridgehead atoms. The van der Waals surface area contributed by atoms with Gasteiger partial charge in [0.2, 0.25) is 11.8 Å². The van der Waals surface area contributed by atoms with E-state index in [1.54, 1.807) is 29.3 Å². The van der Waals surface area contributed by atoms with Crippen molar-refractivity contribution in [2.75, 3.05) is 36.9 Å². The normalized spacial score (nSPS) is 20.3. The van der Waals surface area contributed by atoms with E-state index in [-0.39, 0.29) is 29.9 Å². The van der Waals surface area contributed by atoms with Crippen LogP contribution in [0, 0.1) is 12.7 Å². The van der Waals surface area contributed by atoms with Gasteiger partial charge in [0.05, 0.1) is 11.1 Å². The second-order valence-electron chi connectivity index (χ2n) is 15.7. The summed E-state index contributed by atoms with van der Waals surface area (Å²) in [6.07, 6.45) is 5.95. The van der Waals surface area contributed by atoms with E-state index in [1.807, 2.05) is 37.3 Å². The molecule has 6 heterocycles. The molecule has 2 atom stereocenters. The molecule has 3 N–H and O–H groups in total. The van der Waals surface area contributed by atoms with Crippen LogP contribution in [0.4, 0.5) is 15.9 Å². The summed E-state index contributed by atoms with van der Waals surface area (Å²) in [4.78, 5) is 64.7. The number of fused-ring (bicyclic) bond motifs is 2. The van der Waals surface area contributed by atoms with Crippen molar-refractivity contribution in [3.63, 3.8) is 0 Å². The van der Waals surface area contributed by atoms with Crippen LogP contribution in [0.25, 0.3) is 22.0 Å². The molecule has 0 aliphatic carbocycles. The number of likely N-dealkylation sites (tertiary alicyclic amines) is 1. The minimum Gasteiger partial charge on any atom is -0.490 e. The third kappa shape index (κ3) is 7.01. The number of hydrogen-bond donors (Lipinski definition) is 3. The van der Waals surface area contributed by atoms with Crippen molar-refractivity contribution < 1.29 is 28.3 Å². The Labute approximate surface area is 329 Å². The predicted molar refractivity (Wildman–Crippen MR) is 214 cm³/mol. The number of benzene rings is 3.